The second kappa shape index (κ2) is 5.31. The number of thiophene rings is 1. The summed E-state index contributed by atoms with van der Waals surface area (Å²) in [4.78, 5) is 2.23. The van der Waals surface area contributed by atoms with E-state index in [0.717, 1.165) is 28.6 Å². The standard InChI is InChI=1S/C11H14Br2O2S2/c1-7-8(12)6-9(16-7)11(13)10-4-2-3-5-17(10,14)15/h6,10-11H,2-5H2,1H3. The lowest BCUT2D eigenvalue weighted by atomic mass is 10.1. The molecule has 0 radical (unpaired) electrons. The predicted octanol–water partition coefficient (Wildman–Crippen LogP) is 4.22. The number of rotatable bonds is 2. The maximum atomic E-state index is 12.1. The van der Waals surface area contributed by atoms with Gasteiger partial charge >= 0.3 is 0 Å². The van der Waals surface area contributed by atoms with E-state index in [0.29, 0.717) is 5.75 Å². The van der Waals surface area contributed by atoms with Crippen LogP contribution in [0.15, 0.2) is 10.5 Å². The topological polar surface area (TPSA) is 34.1 Å². The summed E-state index contributed by atoms with van der Waals surface area (Å²) in [6.07, 6.45) is 2.59. The van der Waals surface area contributed by atoms with Crippen LogP contribution < -0.4 is 0 Å². The Kier molecular flexibility index (Phi) is 4.38. The summed E-state index contributed by atoms with van der Waals surface area (Å²) in [6.45, 7) is 2.04. The van der Waals surface area contributed by atoms with Crippen molar-refractivity contribution in [2.75, 3.05) is 5.75 Å². The lowest BCUT2D eigenvalue weighted by Crippen LogP contribution is -2.31. The van der Waals surface area contributed by atoms with Crippen LogP contribution in [-0.2, 0) is 9.84 Å². The summed E-state index contributed by atoms with van der Waals surface area (Å²) in [5, 5.41) is -0.263. The highest BCUT2D eigenvalue weighted by atomic mass is 79.9. The molecule has 1 aliphatic rings. The van der Waals surface area contributed by atoms with E-state index in [-0.39, 0.29) is 10.1 Å². The minimum absolute atomic E-state index is 0.0669. The number of hydrogen-bond acceptors (Lipinski definition) is 3. The molecule has 2 rings (SSSR count). The van der Waals surface area contributed by atoms with Crippen LogP contribution in [0, 0.1) is 6.92 Å². The van der Waals surface area contributed by atoms with E-state index in [2.05, 4.69) is 31.9 Å². The highest BCUT2D eigenvalue weighted by molar-refractivity contribution is 9.10. The van der Waals surface area contributed by atoms with Gasteiger partial charge in [-0.3, -0.25) is 0 Å². The second-order valence-corrected chi connectivity index (χ2v) is 9.82. The van der Waals surface area contributed by atoms with Crippen LogP contribution in [0.1, 0.15) is 33.8 Å². The van der Waals surface area contributed by atoms with Crippen molar-refractivity contribution >= 4 is 53.0 Å². The first-order chi connectivity index (χ1) is 7.92. The smallest absolute Gasteiger partial charge is 0.154 e. The van der Waals surface area contributed by atoms with E-state index in [9.17, 15) is 8.42 Å². The molecule has 0 spiro atoms. The van der Waals surface area contributed by atoms with Crippen LogP contribution in [-0.4, -0.2) is 19.4 Å². The number of aryl methyl sites for hydroxylation is 1. The summed E-state index contributed by atoms with van der Waals surface area (Å²) in [5.41, 5.74) is 0. The Morgan fingerprint density at radius 2 is 2.18 bits per heavy atom. The average molecular weight is 402 g/mol. The lowest BCUT2D eigenvalue weighted by molar-refractivity contribution is 0.538. The molecule has 17 heavy (non-hydrogen) atoms. The molecule has 0 aromatic carbocycles. The molecule has 2 heterocycles. The van der Waals surface area contributed by atoms with Gasteiger partial charge in [-0.2, -0.15) is 0 Å². The van der Waals surface area contributed by atoms with Crippen LogP contribution in [0.4, 0.5) is 0 Å². The maximum absolute atomic E-state index is 12.1. The molecule has 6 heteroatoms. The van der Waals surface area contributed by atoms with Gasteiger partial charge in [0.05, 0.1) is 15.8 Å². The Morgan fingerprint density at radius 3 is 2.71 bits per heavy atom. The maximum Gasteiger partial charge on any atom is 0.154 e. The molecule has 0 amide bonds. The quantitative estimate of drug-likeness (QED) is 0.695. The number of halogens is 2. The van der Waals surface area contributed by atoms with Crippen molar-refractivity contribution in [1.82, 2.24) is 0 Å². The molecule has 2 nitrogen and oxygen atoms in total. The Bertz CT molecular complexity index is 488. The molecule has 1 fully saturated rings. The highest BCUT2D eigenvalue weighted by Gasteiger charge is 2.35. The molecule has 2 atom stereocenters. The Labute approximate surface area is 123 Å². The molecule has 0 N–H and O–H groups in total. The molecule has 0 bridgehead atoms. The third-order valence-corrected chi connectivity index (χ3v) is 9.40. The third-order valence-electron chi connectivity index (χ3n) is 3.10. The van der Waals surface area contributed by atoms with Gasteiger partial charge in [-0.1, -0.05) is 22.4 Å². The first kappa shape index (κ1) is 14.0. The fourth-order valence-electron chi connectivity index (χ4n) is 2.11. The molecule has 0 aliphatic carbocycles. The van der Waals surface area contributed by atoms with E-state index in [1.165, 1.54) is 4.88 Å². The highest BCUT2D eigenvalue weighted by Crippen LogP contribution is 2.41. The Hall–Kier alpha value is 0.610. The first-order valence-electron chi connectivity index (χ1n) is 5.53. The van der Waals surface area contributed by atoms with Gasteiger partial charge < -0.3 is 0 Å². The first-order valence-corrected chi connectivity index (χ1v) is 9.77. The van der Waals surface area contributed by atoms with Crippen molar-refractivity contribution in [3.05, 3.63) is 20.3 Å². The number of hydrogen-bond donors (Lipinski definition) is 0. The van der Waals surface area contributed by atoms with Gasteiger partial charge in [-0.15, -0.1) is 11.3 Å². The minimum Gasteiger partial charge on any atom is -0.228 e. The average Bonchev–Trinajstić information content (AvgIpc) is 2.58. The van der Waals surface area contributed by atoms with Gasteiger partial charge in [0.15, 0.2) is 9.84 Å². The summed E-state index contributed by atoms with van der Waals surface area (Å²) in [6, 6.07) is 2.03. The van der Waals surface area contributed by atoms with Gasteiger partial charge in [0.1, 0.15) is 0 Å². The van der Waals surface area contributed by atoms with E-state index in [1.807, 2.05) is 13.0 Å². The van der Waals surface area contributed by atoms with Crippen LogP contribution in [0.5, 0.6) is 0 Å². The summed E-state index contributed by atoms with van der Waals surface area (Å²) >= 11 is 8.72. The zero-order valence-corrected chi connectivity index (χ0v) is 14.3. The summed E-state index contributed by atoms with van der Waals surface area (Å²) in [7, 11) is -2.93. The largest absolute Gasteiger partial charge is 0.228 e. The molecular weight excluding hydrogens is 388 g/mol. The van der Waals surface area contributed by atoms with Crippen LogP contribution in [0.2, 0.25) is 0 Å². The van der Waals surface area contributed by atoms with Gasteiger partial charge in [0, 0.05) is 14.2 Å². The number of sulfone groups is 1. The van der Waals surface area contributed by atoms with E-state index in [4.69, 9.17) is 0 Å². The Morgan fingerprint density at radius 1 is 1.47 bits per heavy atom. The molecular formula is C11H14Br2O2S2. The molecule has 2 unspecified atom stereocenters. The predicted molar refractivity (Wildman–Crippen MR) is 79.8 cm³/mol. The SMILES string of the molecule is Cc1sc(C(Br)C2CCCCS2(=O)=O)cc1Br. The van der Waals surface area contributed by atoms with Crippen molar-refractivity contribution < 1.29 is 8.42 Å². The third kappa shape index (κ3) is 2.96. The second-order valence-electron chi connectivity index (χ2n) is 4.36. The van der Waals surface area contributed by atoms with Gasteiger partial charge in [-0.25, -0.2) is 8.42 Å². The van der Waals surface area contributed by atoms with Crippen molar-refractivity contribution in [1.29, 1.82) is 0 Å². The van der Waals surface area contributed by atoms with Crippen molar-refractivity contribution in [2.24, 2.45) is 0 Å². The molecule has 0 saturated carbocycles. The van der Waals surface area contributed by atoms with Crippen molar-refractivity contribution in [3.63, 3.8) is 0 Å². The molecule has 1 aliphatic heterocycles. The van der Waals surface area contributed by atoms with E-state index in [1.54, 1.807) is 11.3 Å². The zero-order valence-electron chi connectivity index (χ0n) is 9.45. The molecule has 1 saturated heterocycles. The van der Waals surface area contributed by atoms with Gasteiger partial charge in [0.25, 0.3) is 0 Å². The monoisotopic (exact) mass is 400 g/mol. The van der Waals surface area contributed by atoms with Crippen LogP contribution in [0.25, 0.3) is 0 Å². The van der Waals surface area contributed by atoms with Crippen LogP contribution >= 0.6 is 43.2 Å². The molecule has 96 valence electrons. The Balaban J connectivity index is 2.27. The minimum atomic E-state index is -2.93. The zero-order chi connectivity index (χ0) is 12.6. The summed E-state index contributed by atoms with van der Waals surface area (Å²) in [5.74, 6) is 0.339. The van der Waals surface area contributed by atoms with Crippen molar-refractivity contribution in [2.45, 2.75) is 36.3 Å². The van der Waals surface area contributed by atoms with E-state index >= 15 is 0 Å². The van der Waals surface area contributed by atoms with Crippen LogP contribution in [0.3, 0.4) is 0 Å². The normalized spacial score (nSPS) is 25.7. The molecule has 1 aromatic heterocycles. The summed E-state index contributed by atoms with van der Waals surface area (Å²) < 4.78 is 25.2. The lowest BCUT2D eigenvalue weighted by Gasteiger charge is -2.25. The number of alkyl halides is 1. The molecule has 1 aromatic rings. The fraction of sp³-hybridized carbons (Fsp3) is 0.636. The fourth-order valence-corrected chi connectivity index (χ4v) is 7.41. The van der Waals surface area contributed by atoms with Gasteiger partial charge in [0.2, 0.25) is 0 Å². The van der Waals surface area contributed by atoms with Crippen molar-refractivity contribution in [3.8, 4) is 0 Å². The van der Waals surface area contributed by atoms with E-state index < -0.39 is 9.84 Å². The van der Waals surface area contributed by atoms with Gasteiger partial charge in [-0.05, 0) is 41.8 Å².